The number of ether oxygens (including phenoxy) is 3. The molecule has 1 aliphatic heterocycles. The van der Waals surface area contributed by atoms with E-state index in [4.69, 9.17) is 14.2 Å². The summed E-state index contributed by atoms with van der Waals surface area (Å²) in [4.78, 5) is 29.2. The van der Waals surface area contributed by atoms with E-state index in [0.717, 1.165) is 11.3 Å². The minimum absolute atomic E-state index is 0.0470. The Morgan fingerprint density at radius 3 is 2.39 bits per heavy atom. The first-order valence-corrected chi connectivity index (χ1v) is 10.2. The Morgan fingerprint density at radius 1 is 0.968 bits per heavy atom. The van der Waals surface area contributed by atoms with Gasteiger partial charge in [-0.1, -0.05) is 24.8 Å². The highest BCUT2D eigenvalue weighted by molar-refractivity contribution is 5.95. The van der Waals surface area contributed by atoms with Gasteiger partial charge in [-0.15, -0.1) is 0 Å². The van der Waals surface area contributed by atoms with Gasteiger partial charge in [0.15, 0.2) is 11.5 Å². The lowest BCUT2D eigenvalue weighted by molar-refractivity contribution is -0.131. The van der Waals surface area contributed by atoms with Crippen molar-refractivity contribution in [1.82, 2.24) is 9.80 Å². The van der Waals surface area contributed by atoms with Gasteiger partial charge in [0.1, 0.15) is 12.4 Å². The average Bonchev–Trinajstić information content (AvgIpc) is 2.82. The molecule has 7 heteroatoms. The van der Waals surface area contributed by atoms with Crippen molar-refractivity contribution in [3.63, 3.8) is 0 Å². The fraction of sp³-hybridized carbons (Fsp3) is 0.333. The summed E-state index contributed by atoms with van der Waals surface area (Å²) in [5.41, 5.74) is 1.44. The molecular weight excluding hydrogens is 396 g/mol. The molecule has 1 fully saturated rings. The van der Waals surface area contributed by atoms with Crippen LogP contribution in [0.25, 0.3) is 0 Å². The lowest BCUT2D eigenvalue weighted by Gasteiger charge is -2.35. The van der Waals surface area contributed by atoms with Crippen LogP contribution in [0, 0.1) is 0 Å². The first-order valence-electron chi connectivity index (χ1n) is 10.2. The minimum atomic E-state index is -0.0894. The number of piperazine rings is 1. The molecule has 0 spiro atoms. The molecular formula is C24H28N2O5. The zero-order valence-electron chi connectivity index (χ0n) is 18.0. The quantitative estimate of drug-likeness (QED) is 0.610. The van der Waals surface area contributed by atoms with Crippen LogP contribution >= 0.6 is 0 Å². The van der Waals surface area contributed by atoms with E-state index in [2.05, 4.69) is 6.58 Å². The normalized spacial score (nSPS) is 13.5. The van der Waals surface area contributed by atoms with Gasteiger partial charge in [-0.05, 0) is 35.9 Å². The third-order valence-corrected chi connectivity index (χ3v) is 5.18. The van der Waals surface area contributed by atoms with Gasteiger partial charge in [-0.25, -0.2) is 0 Å². The van der Waals surface area contributed by atoms with E-state index < -0.39 is 0 Å². The number of methoxy groups -OCH3 is 2. The number of rotatable bonds is 8. The number of hydrogen-bond donors (Lipinski definition) is 0. The van der Waals surface area contributed by atoms with Gasteiger partial charge < -0.3 is 24.0 Å². The first-order chi connectivity index (χ1) is 15.0. The standard InChI is InChI=1S/C24H28N2O5/c1-4-14-31-21-9-8-19(17-22(21)30-3)24(28)26-12-10-25(11-13-26)23(27)16-18-6-5-7-20(15-18)29-2/h4-9,15,17H,1,10-14,16H2,2-3H3. The molecule has 0 atom stereocenters. The molecule has 0 bridgehead atoms. The van der Waals surface area contributed by atoms with Crippen molar-refractivity contribution >= 4 is 11.8 Å². The number of amides is 2. The van der Waals surface area contributed by atoms with Crippen molar-refractivity contribution in [3.05, 3.63) is 66.2 Å². The van der Waals surface area contributed by atoms with Gasteiger partial charge in [0.25, 0.3) is 5.91 Å². The molecule has 7 nitrogen and oxygen atoms in total. The van der Waals surface area contributed by atoms with Crippen LogP contribution in [0.2, 0.25) is 0 Å². The van der Waals surface area contributed by atoms with E-state index in [1.165, 1.54) is 7.11 Å². The predicted octanol–water partition coefficient (Wildman–Crippen LogP) is 2.80. The highest BCUT2D eigenvalue weighted by Gasteiger charge is 2.25. The number of hydrogen-bond acceptors (Lipinski definition) is 5. The van der Waals surface area contributed by atoms with Crippen LogP contribution in [-0.2, 0) is 11.2 Å². The summed E-state index contributed by atoms with van der Waals surface area (Å²) in [7, 11) is 3.14. The van der Waals surface area contributed by atoms with E-state index in [1.807, 2.05) is 24.3 Å². The fourth-order valence-electron chi connectivity index (χ4n) is 3.48. The van der Waals surface area contributed by atoms with Crippen LogP contribution in [0.15, 0.2) is 55.1 Å². The third-order valence-electron chi connectivity index (χ3n) is 5.18. The minimum Gasteiger partial charge on any atom is -0.497 e. The third kappa shape index (κ3) is 5.57. The monoisotopic (exact) mass is 424 g/mol. The van der Waals surface area contributed by atoms with E-state index in [1.54, 1.807) is 41.2 Å². The Labute approximate surface area is 182 Å². The molecule has 2 amide bonds. The number of carbonyl (C=O) groups is 2. The molecule has 0 aliphatic carbocycles. The van der Waals surface area contributed by atoms with Crippen molar-refractivity contribution in [2.24, 2.45) is 0 Å². The topological polar surface area (TPSA) is 68.3 Å². The second-order valence-electron chi connectivity index (χ2n) is 7.17. The van der Waals surface area contributed by atoms with Gasteiger partial charge >= 0.3 is 0 Å². The van der Waals surface area contributed by atoms with Gasteiger partial charge in [-0.3, -0.25) is 9.59 Å². The van der Waals surface area contributed by atoms with Crippen molar-refractivity contribution in [2.75, 3.05) is 47.0 Å². The van der Waals surface area contributed by atoms with Gasteiger partial charge in [0.05, 0.1) is 20.6 Å². The number of nitrogens with zero attached hydrogens (tertiary/aromatic N) is 2. The Bertz CT molecular complexity index is 935. The van der Waals surface area contributed by atoms with Crippen molar-refractivity contribution in [2.45, 2.75) is 6.42 Å². The Morgan fingerprint density at radius 2 is 1.71 bits per heavy atom. The summed E-state index contributed by atoms with van der Waals surface area (Å²) in [5, 5.41) is 0. The van der Waals surface area contributed by atoms with E-state index in [9.17, 15) is 9.59 Å². The zero-order valence-corrected chi connectivity index (χ0v) is 18.0. The van der Waals surface area contributed by atoms with Gasteiger partial charge in [-0.2, -0.15) is 0 Å². The molecule has 1 saturated heterocycles. The molecule has 31 heavy (non-hydrogen) atoms. The lowest BCUT2D eigenvalue weighted by atomic mass is 10.1. The van der Waals surface area contributed by atoms with Crippen LogP contribution in [0.1, 0.15) is 15.9 Å². The lowest BCUT2D eigenvalue weighted by Crippen LogP contribution is -2.51. The zero-order chi connectivity index (χ0) is 22.2. The molecule has 3 rings (SSSR count). The second kappa shape index (κ2) is 10.5. The molecule has 0 unspecified atom stereocenters. The van der Waals surface area contributed by atoms with E-state index in [0.29, 0.717) is 56.3 Å². The van der Waals surface area contributed by atoms with Crippen molar-refractivity contribution in [3.8, 4) is 17.2 Å². The molecule has 0 aromatic heterocycles. The predicted molar refractivity (Wildman–Crippen MR) is 118 cm³/mol. The smallest absolute Gasteiger partial charge is 0.254 e. The second-order valence-corrected chi connectivity index (χ2v) is 7.17. The Balaban J connectivity index is 1.58. The maximum atomic E-state index is 12.9. The maximum Gasteiger partial charge on any atom is 0.254 e. The molecule has 2 aromatic rings. The molecule has 164 valence electrons. The first kappa shape index (κ1) is 22.2. The Kier molecular flexibility index (Phi) is 7.54. The number of carbonyl (C=O) groups excluding carboxylic acids is 2. The molecule has 2 aromatic carbocycles. The highest BCUT2D eigenvalue weighted by Crippen LogP contribution is 2.28. The SMILES string of the molecule is C=CCOc1ccc(C(=O)N2CCN(C(=O)Cc3cccc(OC)c3)CC2)cc1OC. The van der Waals surface area contributed by atoms with Crippen LogP contribution in [0.5, 0.6) is 17.2 Å². The maximum absolute atomic E-state index is 12.9. The molecule has 0 radical (unpaired) electrons. The molecule has 1 heterocycles. The van der Waals surface area contributed by atoms with Crippen LogP contribution in [0.3, 0.4) is 0 Å². The summed E-state index contributed by atoms with van der Waals surface area (Å²) in [5.74, 6) is 1.75. The van der Waals surface area contributed by atoms with Crippen LogP contribution in [0.4, 0.5) is 0 Å². The van der Waals surface area contributed by atoms with Crippen molar-refractivity contribution < 1.29 is 23.8 Å². The van der Waals surface area contributed by atoms with Crippen molar-refractivity contribution in [1.29, 1.82) is 0 Å². The average molecular weight is 424 g/mol. The largest absolute Gasteiger partial charge is 0.497 e. The molecule has 0 saturated carbocycles. The summed E-state index contributed by atoms with van der Waals surface area (Å²) in [6.45, 7) is 5.97. The van der Waals surface area contributed by atoms with Gasteiger partial charge in [0, 0.05) is 31.7 Å². The summed E-state index contributed by atoms with van der Waals surface area (Å²) in [6.07, 6.45) is 1.96. The van der Waals surface area contributed by atoms with Crippen LogP contribution in [-0.4, -0.2) is 68.6 Å². The molecule has 1 aliphatic rings. The van der Waals surface area contributed by atoms with Gasteiger partial charge in [0.2, 0.25) is 5.91 Å². The van der Waals surface area contributed by atoms with E-state index >= 15 is 0 Å². The Hall–Kier alpha value is -3.48. The molecule has 0 N–H and O–H groups in total. The summed E-state index contributed by atoms with van der Waals surface area (Å²) in [6, 6.07) is 12.6. The fourth-order valence-corrected chi connectivity index (χ4v) is 3.48. The van der Waals surface area contributed by atoms with Crippen LogP contribution < -0.4 is 14.2 Å². The van der Waals surface area contributed by atoms with E-state index in [-0.39, 0.29) is 11.8 Å². The number of benzene rings is 2. The highest BCUT2D eigenvalue weighted by atomic mass is 16.5. The summed E-state index contributed by atoms with van der Waals surface area (Å²) < 4.78 is 16.1. The summed E-state index contributed by atoms with van der Waals surface area (Å²) >= 11 is 0.